The van der Waals surface area contributed by atoms with Crippen LogP contribution in [0.2, 0.25) is 0 Å². The normalized spacial score (nSPS) is 21.3. The number of likely N-dealkylation sites (tertiary alicyclic amines) is 1. The third-order valence-corrected chi connectivity index (χ3v) is 3.54. The Kier molecular flexibility index (Phi) is 4.03. The van der Waals surface area contributed by atoms with Crippen LogP contribution in [-0.2, 0) is 14.4 Å². The number of ether oxygens (including phenoxy) is 1. The van der Waals surface area contributed by atoms with Crippen LogP contribution in [0.15, 0.2) is 24.3 Å². The molecule has 2 rings (SSSR count). The second kappa shape index (κ2) is 5.75. The van der Waals surface area contributed by atoms with Gasteiger partial charge in [-0.25, -0.2) is 0 Å². The van der Waals surface area contributed by atoms with E-state index >= 15 is 0 Å². The third kappa shape index (κ3) is 2.50. The van der Waals surface area contributed by atoms with Crippen molar-refractivity contribution in [3.8, 4) is 11.8 Å². The fourth-order valence-corrected chi connectivity index (χ4v) is 2.55. The van der Waals surface area contributed by atoms with Gasteiger partial charge in [0.25, 0.3) is 5.91 Å². The van der Waals surface area contributed by atoms with Crippen molar-refractivity contribution in [2.45, 2.75) is 13.0 Å². The highest BCUT2D eigenvalue weighted by Gasteiger charge is 2.50. The summed E-state index contributed by atoms with van der Waals surface area (Å²) in [6, 6.07) is 7.88. The summed E-state index contributed by atoms with van der Waals surface area (Å²) in [5.41, 5.74) is 0.630. The molecule has 108 valence electrons. The number of ketones is 2. The number of carbonyl (C=O) groups excluding carboxylic acids is 3. The second-order valence-electron chi connectivity index (χ2n) is 4.76. The molecule has 0 aliphatic carbocycles. The standard InChI is InChI=1S/C15H14N2O4/c1-9(18)12-13(10-3-5-11(21-2)6-4-10)17(8-7-16)15(20)14(12)19/h3-6,12-13H,8H2,1-2H3. The molecule has 21 heavy (non-hydrogen) atoms. The number of hydrogen-bond donors (Lipinski definition) is 0. The van der Waals surface area contributed by atoms with Gasteiger partial charge in [-0.2, -0.15) is 5.26 Å². The SMILES string of the molecule is COc1ccc(C2C(C(C)=O)C(=O)C(=O)N2CC#N)cc1. The van der Waals surface area contributed by atoms with E-state index in [4.69, 9.17) is 10.00 Å². The van der Waals surface area contributed by atoms with Gasteiger partial charge in [0.05, 0.1) is 19.2 Å². The third-order valence-electron chi connectivity index (χ3n) is 3.54. The molecule has 0 radical (unpaired) electrons. The number of amides is 1. The molecule has 2 unspecified atom stereocenters. The van der Waals surface area contributed by atoms with Crippen LogP contribution in [0.25, 0.3) is 0 Å². The first kappa shape index (κ1) is 14.7. The number of benzene rings is 1. The van der Waals surface area contributed by atoms with Crippen LogP contribution in [-0.4, -0.2) is 36.0 Å². The quantitative estimate of drug-likeness (QED) is 0.466. The molecule has 1 amide bonds. The molecule has 1 aliphatic heterocycles. The number of carbonyl (C=O) groups is 3. The summed E-state index contributed by atoms with van der Waals surface area (Å²) in [5.74, 6) is -2.34. The maximum Gasteiger partial charge on any atom is 0.292 e. The Morgan fingerprint density at radius 1 is 1.33 bits per heavy atom. The van der Waals surface area contributed by atoms with Gasteiger partial charge in [-0.05, 0) is 24.6 Å². The zero-order valence-corrected chi connectivity index (χ0v) is 11.7. The molecule has 1 saturated heterocycles. The average Bonchev–Trinajstić information content (AvgIpc) is 2.73. The summed E-state index contributed by atoms with van der Waals surface area (Å²) in [7, 11) is 1.53. The van der Waals surface area contributed by atoms with Gasteiger partial charge in [0.15, 0.2) is 0 Å². The maximum atomic E-state index is 12.0. The van der Waals surface area contributed by atoms with Gasteiger partial charge in [0, 0.05) is 0 Å². The lowest BCUT2D eigenvalue weighted by Gasteiger charge is -2.24. The van der Waals surface area contributed by atoms with Crippen molar-refractivity contribution in [1.29, 1.82) is 5.26 Å². The van der Waals surface area contributed by atoms with Crippen molar-refractivity contribution in [3.63, 3.8) is 0 Å². The molecule has 1 aromatic carbocycles. The predicted molar refractivity (Wildman–Crippen MR) is 72.2 cm³/mol. The summed E-state index contributed by atoms with van der Waals surface area (Å²) in [6.07, 6.45) is 0. The largest absolute Gasteiger partial charge is 0.497 e. The van der Waals surface area contributed by atoms with E-state index in [2.05, 4.69) is 0 Å². The monoisotopic (exact) mass is 286 g/mol. The highest BCUT2D eigenvalue weighted by atomic mass is 16.5. The van der Waals surface area contributed by atoms with Crippen LogP contribution >= 0.6 is 0 Å². The average molecular weight is 286 g/mol. The van der Waals surface area contributed by atoms with E-state index in [1.54, 1.807) is 24.3 Å². The fourth-order valence-electron chi connectivity index (χ4n) is 2.55. The lowest BCUT2D eigenvalue weighted by molar-refractivity contribution is -0.141. The minimum Gasteiger partial charge on any atom is -0.497 e. The van der Waals surface area contributed by atoms with Crippen LogP contribution in [0.3, 0.4) is 0 Å². The van der Waals surface area contributed by atoms with Crippen molar-refractivity contribution < 1.29 is 19.1 Å². The van der Waals surface area contributed by atoms with Gasteiger partial charge in [-0.3, -0.25) is 14.4 Å². The van der Waals surface area contributed by atoms with Crippen molar-refractivity contribution >= 4 is 17.5 Å². The van der Waals surface area contributed by atoms with Gasteiger partial charge in [-0.1, -0.05) is 12.1 Å². The van der Waals surface area contributed by atoms with E-state index in [-0.39, 0.29) is 12.3 Å². The van der Waals surface area contributed by atoms with Crippen LogP contribution in [0, 0.1) is 17.2 Å². The zero-order valence-electron chi connectivity index (χ0n) is 11.7. The van der Waals surface area contributed by atoms with Crippen molar-refractivity contribution in [1.82, 2.24) is 4.90 Å². The minimum absolute atomic E-state index is 0.231. The van der Waals surface area contributed by atoms with Crippen molar-refractivity contribution in [3.05, 3.63) is 29.8 Å². The highest BCUT2D eigenvalue weighted by molar-refractivity contribution is 6.42. The minimum atomic E-state index is -1.06. The first-order chi connectivity index (χ1) is 10.0. The summed E-state index contributed by atoms with van der Waals surface area (Å²) in [4.78, 5) is 36.9. The maximum absolute atomic E-state index is 12.0. The number of nitrogens with zero attached hydrogens (tertiary/aromatic N) is 2. The van der Waals surface area contributed by atoms with Gasteiger partial charge >= 0.3 is 0 Å². The second-order valence-corrected chi connectivity index (χ2v) is 4.76. The van der Waals surface area contributed by atoms with Crippen LogP contribution in [0.5, 0.6) is 5.75 Å². The summed E-state index contributed by atoms with van der Waals surface area (Å²) in [5, 5.41) is 8.84. The molecule has 1 aliphatic rings. The summed E-state index contributed by atoms with van der Waals surface area (Å²) >= 11 is 0. The molecule has 0 saturated carbocycles. The topological polar surface area (TPSA) is 87.5 Å². The number of nitriles is 1. The predicted octanol–water partition coefficient (Wildman–Crippen LogP) is 0.876. The molecule has 6 heteroatoms. The Hall–Kier alpha value is -2.68. The van der Waals surface area contributed by atoms with Crippen LogP contribution in [0.1, 0.15) is 18.5 Å². The van der Waals surface area contributed by atoms with E-state index < -0.39 is 23.7 Å². The molecule has 0 N–H and O–H groups in total. The molecule has 2 atom stereocenters. The molecule has 1 heterocycles. The Morgan fingerprint density at radius 2 is 1.95 bits per heavy atom. The van der Waals surface area contributed by atoms with E-state index in [1.165, 1.54) is 14.0 Å². The zero-order chi connectivity index (χ0) is 15.6. The Bertz CT molecular complexity index is 630. The van der Waals surface area contributed by atoms with Crippen molar-refractivity contribution in [2.24, 2.45) is 5.92 Å². The van der Waals surface area contributed by atoms with E-state index in [0.717, 1.165) is 4.90 Å². The first-order valence-corrected chi connectivity index (χ1v) is 6.37. The fraction of sp³-hybridized carbons (Fsp3) is 0.333. The molecule has 0 spiro atoms. The van der Waals surface area contributed by atoms with Gasteiger partial charge < -0.3 is 9.64 Å². The first-order valence-electron chi connectivity index (χ1n) is 6.37. The molecule has 6 nitrogen and oxygen atoms in total. The van der Waals surface area contributed by atoms with Crippen LogP contribution < -0.4 is 4.74 Å². The number of rotatable bonds is 4. The Balaban J connectivity index is 2.47. The number of methoxy groups -OCH3 is 1. The molecular formula is C15H14N2O4. The van der Waals surface area contributed by atoms with E-state index in [9.17, 15) is 14.4 Å². The number of hydrogen-bond acceptors (Lipinski definition) is 5. The van der Waals surface area contributed by atoms with Gasteiger partial charge in [0.2, 0.25) is 5.78 Å². The number of Topliss-reactive ketones (excluding diaryl/α,β-unsaturated/α-hetero) is 2. The van der Waals surface area contributed by atoms with Crippen LogP contribution in [0.4, 0.5) is 0 Å². The molecule has 0 aromatic heterocycles. The lowest BCUT2D eigenvalue weighted by Crippen LogP contribution is -2.30. The van der Waals surface area contributed by atoms with Gasteiger partial charge in [-0.15, -0.1) is 0 Å². The van der Waals surface area contributed by atoms with Crippen molar-refractivity contribution in [2.75, 3.05) is 13.7 Å². The molecular weight excluding hydrogens is 272 g/mol. The Labute approximate surface area is 121 Å². The molecule has 0 bridgehead atoms. The smallest absolute Gasteiger partial charge is 0.292 e. The van der Waals surface area contributed by atoms with E-state index in [0.29, 0.717) is 11.3 Å². The van der Waals surface area contributed by atoms with E-state index in [1.807, 2.05) is 6.07 Å². The molecule has 1 aromatic rings. The highest BCUT2D eigenvalue weighted by Crippen LogP contribution is 2.36. The molecule has 1 fully saturated rings. The summed E-state index contributed by atoms with van der Waals surface area (Å²) in [6.45, 7) is 1.05. The lowest BCUT2D eigenvalue weighted by atomic mass is 9.90. The summed E-state index contributed by atoms with van der Waals surface area (Å²) < 4.78 is 5.06. The Morgan fingerprint density at radius 3 is 2.43 bits per heavy atom. The van der Waals surface area contributed by atoms with Gasteiger partial charge in [0.1, 0.15) is 24.0 Å².